The van der Waals surface area contributed by atoms with E-state index >= 15 is 0 Å². The van der Waals surface area contributed by atoms with Crippen LogP contribution in [0, 0.1) is 11.7 Å². The number of benzene rings is 1. The van der Waals surface area contributed by atoms with Crippen molar-refractivity contribution in [2.24, 2.45) is 5.92 Å². The number of piperidine rings is 1. The van der Waals surface area contributed by atoms with E-state index in [0.717, 1.165) is 19.6 Å². The molecule has 2 atom stereocenters. The summed E-state index contributed by atoms with van der Waals surface area (Å²) < 4.78 is 14.0. The number of nitrogens with one attached hydrogen (secondary N) is 1. The van der Waals surface area contributed by atoms with E-state index in [1.54, 1.807) is 6.07 Å². The van der Waals surface area contributed by atoms with Gasteiger partial charge in [-0.3, -0.25) is 4.90 Å². The maximum atomic E-state index is 13.4. The molecule has 1 saturated heterocycles. The molecule has 0 aromatic heterocycles. The maximum Gasteiger partial charge on any atom is 0.137 e. The van der Waals surface area contributed by atoms with E-state index in [1.165, 1.54) is 18.4 Å². The molecular weight excluding hydrogens is 307 g/mol. The van der Waals surface area contributed by atoms with E-state index in [4.69, 9.17) is 0 Å². The highest BCUT2D eigenvalue weighted by Crippen LogP contribution is 2.36. The van der Waals surface area contributed by atoms with E-state index in [9.17, 15) is 4.39 Å². The van der Waals surface area contributed by atoms with Gasteiger partial charge in [0, 0.05) is 6.04 Å². The summed E-state index contributed by atoms with van der Waals surface area (Å²) in [5.74, 6) is 0.404. The molecule has 0 radical (unpaired) electrons. The number of hydrogen-bond donors (Lipinski definition) is 1. The Morgan fingerprint density at radius 1 is 1.47 bits per heavy atom. The molecule has 0 amide bonds. The molecule has 1 fully saturated rings. The van der Waals surface area contributed by atoms with Gasteiger partial charge in [-0.2, -0.15) is 0 Å². The van der Waals surface area contributed by atoms with Gasteiger partial charge in [0.15, 0.2) is 0 Å². The largest absolute Gasteiger partial charge is 0.317 e. The highest BCUT2D eigenvalue weighted by molar-refractivity contribution is 9.10. The first-order chi connectivity index (χ1) is 9.13. The lowest BCUT2D eigenvalue weighted by Gasteiger charge is -2.40. The third kappa shape index (κ3) is 3.56. The Morgan fingerprint density at radius 2 is 2.26 bits per heavy atom. The molecule has 1 heterocycles. The van der Waals surface area contributed by atoms with Gasteiger partial charge in [-0.05, 0) is 79.1 Å². The average molecular weight is 329 g/mol. The Hall–Kier alpha value is -0.450. The third-order valence-corrected chi connectivity index (χ3v) is 4.56. The van der Waals surface area contributed by atoms with Gasteiger partial charge >= 0.3 is 0 Å². The second kappa shape index (κ2) is 6.82. The van der Waals surface area contributed by atoms with Gasteiger partial charge in [-0.1, -0.05) is 13.0 Å². The van der Waals surface area contributed by atoms with Crippen LogP contribution in [0.5, 0.6) is 0 Å². The first-order valence-corrected chi connectivity index (χ1v) is 7.78. The van der Waals surface area contributed by atoms with Crippen LogP contribution in [-0.2, 0) is 0 Å². The minimum Gasteiger partial charge on any atom is -0.317 e. The highest BCUT2D eigenvalue weighted by Gasteiger charge is 2.30. The highest BCUT2D eigenvalue weighted by atomic mass is 79.9. The SMILES string of the molecule is CCNCC1CCCN(C)C1c1ccc(F)c(Br)c1. The fourth-order valence-corrected chi connectivity index (χ4v) is 3.42. The Morgan fingerprint density at radius 3 is 2.95 bits per heavy atom. The molecular formula is C15H22BrFN2. The first kappa shape index (κ1) is 14.9. The second-order valence-electron chi connectivity index (χ2n) is 5.31. The molecule has 106 valence electrons. The standard InChI is InChI=1S/C15H22BrFN2/c1-3-18-10-12-5-4-8-19(2)15(12)11-6-7-14(17)13(16)9-11/h6-7,9,12,15,18H,3-5,8,10H2,1-2H3. The molecule has 19 heavy (non-hydrogen) atoms. The molecule has 1 aromatic carbocycles. The molecule has 4 heteroatoms. The van der Waals surface area contributed by atoms with Crippen LogP contribution in [0.4, 0.5) is 4.39 Å². The van der Waals surface area contributed by atoms with Crippen molar-refractivity contribution < 1.29 is 4.39 Å². The molecule has 1 aromatic rings. The number of rotatable bonds is 4. The van der Waals surface area contributed by atoms with Crippen molar-refractivity contribution in [3.63, 3.8) is 0 Å². The van der Waals surface area contributed by atoms with Crippen molar-refractivity contribution in [2.45, 2.75) is 25.8 Å². The monoisotopic (exact) mass is 328 g/mol. The fraction of sp³-hybridized carbons (Fsp3) is 0.600. The van der Waals surface area contributed by atoms with Crippen LogP contribution in [-0.4, -0.2) is 31.6 Å². The van der Waals surface area contributed by atoms with Crippen molar-refractivity contribution in [3.05, 3.63) is 34.1 Å². The molecule has 1 N–H and O–H groups in total. The summed E-state index contributed by atoms with van der Waals surface area (Å²) in [5.41, 5.74) is 1.21. The van der Waals surface area contributed by atoms with Crippen LogP contribution in [0.3, 0.4) is 0 Å². The van der Waals surface area contributed by atoms with E-state index in [2.05, 4.69) is 40.1 Å². The Bertz CT molecular complexity index is 425. The Balaban J connectivity index is 2.22. The van der Waals surface area contributed by atoms with E-state index in [-0.39, 0.29) is 5.82 Å². The minimum atomic E-state index is -0.189. The van der Waals surface area contributed by atoms with E-state index < -0.39 is 0 Å². The summed E-state index contributed by atoms with van der Waals surface area (Å²) in [5, 5.41) is 3.45. The molecule has 2 unspecified atom stereocenters. The van der Waals surface area contributed by atoms with Crippen molar-refractivity contribution in [2.75, 3.05) is 26.7 Å². The summed E-state index contributed by atoms with van der Waals surface area (Å²) in [6, 6.07) is 5.79. The summed E-state index contributed by atoms with van der Waals surface area (Å²) in [6.07, 6.45) is 2.47. The van der Waals surface area contributed by atoms with Gasteiger partial charge in [-0.15, -0.1) is 0 Å². The van der Waals surface area contributed by atoms with Gasteiger partial charge in [0.1, 0.15) is 5.82 Å². The average Bonchev–Trinajstić information content (AvgIpc) is 2.40. The molecule has 1 aliphatic heterocycles. The topological polar surface area (TPSA) is 15.3 Å². The van der Waals surface area contributed by atoms with Crippen LogP contribution >= 0.6 is 15.9 Å². The zero-order valence-electron chi connectivity index (χ0n) is 11.6. The predicted molar refractivity (Wildman–Crippen MR) is 80.7 cm³/mol. The van der Waals surface area contributed by atoms with Crippen LogP contribution in [0.1, 0.15) is 31.4 Å². The van der Waals surface area contributed by atoms with Gasteiger partial charge < -0.3 is 5.32 Å². The van der Waals surface area contributed by atoms with Crippen LogP contribution in [0.25, 0.3) is 0 Å². The third-order valence-electron chi connectivity index (χ3n) is 3.95. The van der Waals surface area contributed by atoms with E-state index in [0.29, 0.717) is 16.4 Å². The smallest absolute Gasteiger partial charge is 0.137 e. The van der Waals surface area contributed by atoms with Gasteiger partial charge in [0.25, 0.3) is 0 Å². The molecule has 0 aliphatic carbocycles. The number of nitrogens with zero attached hydrogens (tertiary/aromatic N) is 1. The second-order valence-corrected chi connectivity index (χ2v) is 6.16. The molecule has 1 aliphatic rings. The lowest BCUT2D eigenvalue weighted by atomic mass is 9.85. The zero-order valence-corrected chi connectivity index (χ0v) is 13.2. The van der Waals surface area contributed by atoms with Crippen LogP contribution in [0.2, 0.25) is 0 Å². The van der Waals surface area contributed by atoms with Crippen molar-refractivity contribution >= 4 is 15.9 Å². The Labute approximate surface area is 123 Å². The predicted octanol–water partition coefficient (Wildman–Crippen LogP) is 3.58. The minimum absolute atomic E-state index is 0.189. The van der Waals surface area contributed by atoms with Crippen molar-refractivity contribution in [3.8, 4) is 0 Å². The van der Waals surface area contributed by atoms with E-state index in [1.807, 2.05) is 12.1 Å². The summed E-state index contributed by atoms with van der Waals surface area (Å²) in [7, 11) is 2.17. The maximum absolute atomic E-state index is 13.4. The molecule has 0 saturated carbocycles. The lowest BCUT2D eigenvalue weighted by Crippen LogP contribution is -2.40. The van der Waals surface area contributed by atoms with Crippen molar-refractivity contribution in [1.82, 2.24) is 10.2 Å². The normalized spacial score (nSPS) is 24.6. The van der Waals surface area contributed by atoms with Crippen molar-refractivity contribution in [1.29, 1.82) is 0 Å². The quantitative estimate of drug-likeness (QED) is 0.908. The molecule has 0 bridgehead atoms. The Kier molecular flexibility index (Phi) is 5.37. The summed E-state index contributed by atoms with van der Waals surface area (Å²) in [6.45, 7) is 5.28. The summed E-state index contributed by atoms with van der Waals surface area (Å²) in [4.78, 5) is 2.39. The fourth-order valence-electron chi connectivity index (χ4n) is 3.03. The number of halogens is 2. The lowest BCUT2D eigenvalue weighted by molar-refractivity contribution is 0.120. The van der Waals surface area contributed by atoms with Gasteiger partial charge in [0.05, 0.1) is 4.47 Å². The zero-order chi connectivity index (χ0) is 13.8. The summed E-state index contributed by atoms with van der Waals surface area (Å²) >= 11 is 3.30. The number of likely N-dealkylation sites (tertiary alicyclic amines) is 1. The van der Waals surface area contributed by atoms with Gasteiger partial charge in [0.2, 0.25) is 0 Å². The molecule has 0 spiro atoms. The van der Waals surface area contributed by atoms with Crippen LogP contribution in [0.15, 0.2) is 22.7 Å². The van der Waals surface area contributed by atoms with Crippen LogP contribution < -0.4 is 5.32 Å². The van der Waals surface area contributed by atoms with Gasteiger partial charge in [-0.25, -0.2) is 4.39 Å². The first-order valence-electron chi connectivity index (χ1n) is 6.99. The number of hydrogen-bond acceptors (Lipinski definition) is 2. The molecule has 2 nitrogen and oxygen atoms in total. The molecule has 2 rings (SSSR count).